The summed E-state index contributed by atoms with van der Waals surface area (Å²) in [7, 11) is 1.73. The maximum atomic E-state index is 11.1. The van der Waals surface area contributed by atoms with Crippen LogP contribution in [-0.2, 0) is 13.6 Å². The highest BCUT2D eigenvalue weighted by Gasteiger charge is 2.17. The molecule has 0 saturated heterocycles. The quantitative estimate of drug-likeness (QED) is 0.593. The van der Waals surface area contributed by atoms with Crippen LogP contribution < -0.4 is 5.32 Å². The van der Waals surface area contributed by atoms with Crippen LogP contribution in [0.2, 0.25) is 0 Å². The molecule has 2 aromatic rings. The number of carboxylic acids is 1. The highest BCUT2D eigenvalue weighted by Crippen LogP contribution is 2.19. The third kappa shape index (κ3) is 2.68. The first-order chi connectivity index (χ1) is 9.49. The largest absolute Gasteiger partial charge is 0.478 e. The van der Waals surface area contributed by atoms with Crippen molar-refractivity contribution in [3.8, 4) is 0 Å². The van der Waals surface area contributed by atoms with Gasteiger partial charge in [0.25, 0.3) is 5.69 Å². The van der Waals surface area contributed by atoms with Gasteiger partial charge in [-0.15, -0.1) is 10.2 Å². The zero-order chi connectivity index (χ0) is 14.7. The van der Waals surface area contributed by atoms with Gasteiger partial charge in [-0.05, 0) is 0 Å². The van der Waals surface area contributed by atoms with Gasteiger partial charge in [0.05, 0.1) is 11.5 Å². The Morgan fingerprint density at radius 3 is 2.90 bits per heavy atom. The molecule has 2 heterocycles. The van der Waals surface area contributed by atoms with E-state index in [9.17, 15) is 14.9 Å². The van der Waals surface area contributed by atoms with Crippen molar-refractivity contribution in [2.24, 2.45) is 7.05 Å². The number of hydrogen-bond donors (Lipinski definition) is 2. The van der Waals surface area contributed by atoms with E-state index in [1.807, 2.05) is 0 Å². The van der Waals surface area contributed by atoms with Crippen molar-refractivity contribution in [2.75, 3.05) is 5.32 Å². The normalized spacial score (nSPS) is 10.2. The van der Waals surface area contributed by atoms with E-state index in [-0.39, 0.29) is 23.6 Å². The number of carbonyl (C=O) groups is 1. The van der Waals surface area contributed by atoms with Crippen LogP contribution in [0.25, 0.3) is 0 Å². The van der Waals surface area contributed by atoms with Crippen molar-refractivity contribution >= 4 is 17.5 Å². The van der Waals surface area contributed by atoms with Gasteiger partial charge in [0.2, 0.25) is 0 Å². The van der Waals surface area contributed by atoms with Gasteiger partial charge in [0.1, 0.15) is 23.9 Å². The van der Waals surface area contributed by atoms with Crippen LogP contribution in [0.3, 0.4) is 0 Å². The third-order valence-electron chi connectivity index (χ3n) is 2.53. The molecular weight excluding hydrogens is 268 g/mol. The fourth-order valence-electron chi connectivity index (χ4n) is 1.49. The van der Waals surface area contributed by atoms with E-state index in [2.05, 4.69) is 20.5 Å². The Kier molecular flexibility index (Phi) is 3.55. The molecule has 0 aliphatic carbocycles. The molecule has 0 aromatic carbocycles. The molecule has 0 radical (unpaired) electrons. The van der Waals surface area contributed by atoms with Crippen molar-refractivity contribution in [3.63, 3.8) is 0 Å². The number of carboxylic acid groups (broad SMARTS) is 1. The molecule has 20 heavy (non-hydrogen) atoms. The van der Waals surface area contributed by atoms with E-state index in [4.69, 9.17) is 5.11 Å². The smallest absolute Gasteiger partial charge is 0.339 e. The highest BCUT2D eigenvalue weighted by molar-refractivity contribution is 5.93. The second-order valence-corrected chi connectivity index (χ2v) is 3.86. The Bertz CT molecular complexity index is 668. The minimum Gasteiger partial charge on any atom is -0.478 e. The summed E-state index contributed by atoms with van der Waals surface area (Å²) in [6.07, 6.45) is 2.49. The van der Waals surface area contributed by atoms with E-state index in [0.717, 1.165) is 12.3 Å². The third-order valence-corrected chi connectivity index (χ3v) is 2.53. The molecule has 0 fully saturated rings. The summed E-state index contributed by atoms with van der Waals surface area (Å²) in [5, 5.41) is 29.9. The molecule has 2 rings (SSSR count). The number of rotatable bonds is 5. The Morgan fingerprint density at radius 2 is 2.35 bits per heavy atom. The maximum absolute atomic E-state index is 11.1. The Labute approximate surface area is 112 Å². The lowest BCUT2D eigenvalue weighted by molar-refractivity contribution is -0.385. The van der Waals surface area contributed by atoms with Crippen LogP contribution in [0.1, 0.15) is 16.2 Å². The second kappa shape index (κ2) is 5.30. The fourth-order valence-corrected chi connectivity index (χ4v) is 1.49. The van der Waals surface area contributed by atoms with Crippen molar-refractivity contribution in [1.29, 1.82) is 0 Å². The number of anilines is 1. The van der Waals surface area contributed by atoms with E-state index in [1.165, 1.54) is 6.33 Å². The number of hydrogen-bond acceptors (Lipinski definition) is 7. The van der Waals surface area contributed by atoms with Gasteiger partial charge in [-0.3, -0.25) is 10.1 Å². The molecule has 0 unspecified atom stereocenters. The van der Waals surface area contributed by atoms with Gasteiger partial charge < -0.3 is 15.0 Å². The Morgan fingerprint density at radius 1 is 1.60 bits per heavy atom. The molecule has 2 aromatic heterocycles. The van der Waals surface area contributed by atoms with Gasteiger partial charge in [0.15, 0.2) is 5.82 Å². The number of aryl methyl sites for hydroxylation is 1. The van der Waals surface area contributed by atoms with Gasteiger partial charge in [-0.1, -0.05) is 0 Å². The first-order valence-electron chi connectivity index (χ1n) is 5.43. The number of nitrogens with zero attached hydrogens (tertiary/aromatic N) is 5. The summed E-state index contributed by atoms with van der Waals surface area (Å²) in [6.45, 7) is 0.196. The Hall–Kier alpha value is -3.04. The highest BCUT2D eigenvalue weighted by atomic mass is 16.6. The van der Waals surface area contributed by atoms with Crippen molar-refractivity contribution in [2.45, 2.75) is 6.54 Å². The molecule has 0 spiro atoms. The van der Waals surface area contributed by atoms with Crippen LogP contribution in [-0.4, -0.2) is 35.7 Å². The van der Waals surface area contributed by atoms with Crippen molar-refractivity contribution < 1.29 is 14.8 Å². The minimum atomic E-state index is -1.30. The number of nitro groups is 1. The molecule has 0 saturated carbocycles. The summed E-state index contributed by atoms with van der Waals surface area (Å²) in [5.74, 6) is -0.700. The summed E-state index contributed by atoms with van der Waals surface area (Å²) >= 11 is 0. The van der Waals surface area contributed by atoms with E-state index < -0.39 is 10.9 Å². The van der Waals surface area contributed by atoms with E-state index in [1.54, 1.807) is 11.6 Å². The van der Waals surface area contributed by atoms with Crippen LogP contribution in [0.15, 0.2) is 18.6 Å². The summed E-state index contributed by atoms with van der Waals surface area (Å²) in [5.41, 5.74) is -0.659. The molecule has 10 nitrogen and oxygen atoms in total. The zero-order valence-electron chi connectivity index (χ0n) is 10.3. The lowest BCUT2D eigenvalue weighted by atomic mass is 10.2. The minimum absolute atomic E-state index is 0.0334. The van der Waals surface area contributed by atoms with Crippen LogP contribution in [0, 0.1) is 10.1 Å². The lowest BCUT2D eigenvalue weighted by Gasteiger charge is -2.07. The van der Waals surface area contributed by atoms with Crippen LogP contribution in [0.4, 0.5) is 11.5 Å². The van der Waals surface area contributed by atoms with Crippen LogP contribution >= 0.6 is 0 Å². The first kappa shape index (κ1) is 13.4. The molecule has 0 aliphatic heterocycles. The zero-order valence-corrected chi connectivity index (χ0v) is 10.3. The van der Waals surface area contributed by atoms with E-state index in [0.29, 0.717) is 5.82 Å². The summed E-state index contributed by atoms with van der Waals surface area (Å²) < 4.78 is 1.65. The van der Waals surface area contributed by atoms with Crippen molar-refractivity contribution in [1.82, 2.24) is 19.7 Å². The number of pyridine rings is 1. The number of nitrogens with one attached hydrogen (secondary N) is 1. The lowest BCUT2D eigenvalue weighted by Crippen LogP contribution is -2.11. The average Bonchev–Trinajstić information content (AvgIpc) is 2.81. The van der Waals surface area contributed by atoms with Gasteiger partial charge in [0, 0.05) is 13.1 Å². The van der Waals surface area contributed by atoms with Crippen LogP contribution in [0.5, 0.6) is 0 Å². The molecular formula is C10H10N6O4. The Balaban J connectivity index is 2.25. The van der Waals surface area contributed by atoms with E-state index >= 15 is 0 Å². The number of aromatic carboxylic acids is 1. The molecule has 0 atom stereocenters. The summed E-state index contributed by atoms with van der Waals surface area (Å²) in [6, 6.07) is 0.953. The SMILES string of the molecule is Cn1cnnc1CNc1ncc([N+](=O)[O-])cc1C(=O)O. The van der Waals surface area contributed by atoms with Gasteiger partial charge >= 0.3 is 5.97 Å². The molecule has 0 bridgehead atoms. The van der Waals surface area contributed by atoms with Gasteiger partial charge in [-0.25, -0.2) is 9.78 Å². The topological polar surface area (TPSA) is 136 Å². The fraction of sp³-hybridized carbons (Fsp3) is 0.200. The second-order valence-electron chi connectivity index (χ2n) is 3.86. The maximum Gasteiger partial charge on any atom is 0.339 e. The first-order valence-corrected chi connectivity index (χ1v) is 5.43. The molecule has 0 aliphatic rings. The average molecular weight is 278 g/mol. The molecule has 0 amide bonds. The molecule has 2 N–H and O–H groups in total. The van der Waals surface area contributed by atoms with Crippen molar-refractivity contribution in [3.05, 3.63) is 40.1 Å². The molecule has 10 heteroatoms. The monoisotopic (exact) mass is 278 g/mol. The predicted octanol–water partition coefficient (Wildman–Crippen LogP) is 0.429. The van der Waals surface area contributed by atoms with Gasteiger partial charge in [-0.2, -0.15) is 0 Å². The predicted molar refractivity (Wildman–Crippen MR) is 66.2 cm³/mol. The number of aromatic nitrogens is 4. The standard InChI is InChI=1S/C10H10N6O4/c1-15-5-13-14-8(15)4-12-9-7(10(17)18)2-6(3-11-9)16(19)20/h2-3,5H,4H2,1H3,(H,11,12)(H,17,18). The summed E-state index contributed by atoms with van der Waals surface area (Å²) in [4.78, 5) is 24.8. The molecule has 104 valence electrons.